The van der Waals surface area contributed by atoms with Gasteiger partial charge in [0.1, 0.15) is 6.61 Å². The lowest BCUT2D eigenvalue weighted by molar-refractivity contribution is 0.151. The van der Waals surface area contributed by atoms with Gasteiger partial charge in [-0.2, -0.15) is 4.99 Å². The first kappa shape index (κ1) is 13.5. The van der Waals surface area contributed by atoms with Crippen molar-refractivity contribution in [2.75, 3.05) is 7.05 Å². The van der Waals surface area contributed by atoms with E-state index in [1.54, 1.807) is 7.05 Å². The van der Waals surface area contributed by atoms with E-state index in [0.29, 0.717) is 0 Å². The second-order valence-electron chi connectivity index (χ2n) is 4.48. The summed E-state index contributed by atoms with van der Waals surface area (Å²) < 4.78 is 5.14. The van der Waals surface area contributed by atoms with E-state index in [4.69, 9.17) is 4.74 Å². The van der Waals surface area contributed by atoms with Gasteiger partial charge in [0.15, 0.2) is 0 Å². The van der Waals surface area contributed by atoms with Gasteiger partial charge in [-0.1, -0.05) is 30.3 Å². The zero-order chi connectivity index (χ0) is 13.5. The van der Waals surface area contributed by atoms with Crippen molar-refractivity contribution >= 4 is 17.5 Å². The van der Waals surface area contributed by atoms with Gasteiger partial charge in [-0.3, -0.25) is 4.99 Å². The molecule has 1 saturated carbocycles. The maximum absolute atomic E-state index is 11.7. The van der Waals surface area contributed by atoms with Crippen molar-refractivity contribution in [1.29, 1.82) is 0 Å². The fourth-order valence-corrected chi connectivity index (χ4v) is 2.10. The largest absolute Gasteiger partial charge is 0.443 e. The Morgan fingerprint density at radius 2 is 1.84 bits per heavy atom. The van der Waals surface area contributed by atoms with Crippen LogP contribution in [0.2, 0.25) is 0 Å². The number of amides is 1. The first-order valence-electron chi connectivity index (χ1n) is 6.54. The van der Waals surface area contributed by atoms with Gasteiger partial charge in [-0.15, -0.1) is 0 Å². The molecule has 1 fully saturated rings. The molecule has 1 aromatic rings. The highest BCUT2D eigenvalue weighted by molar-refractivity contribution is 6.44. The molecule has 0 aliphatic heterocycles. The van der Waals surface area contributed by atoms with E-state index in [1.165, 1.54) is 0 Å². The number of carbonyl (C=O) groups excluding carboxylic acids is 1. The van der Waals surface area contributed by atoms with Crippen molar-refractivity contribution in [1.82, 2.24) is 0 Å². The average Bonchev–Trinajstić information content (AvgIpc) is 2.47. The number of aliphatic imine (C=N–C) groups is 2. The Labute approximate surface area is 113 Å². The van der Waals surface area contributed by atoms with Crippen LogP contribution in [0.3, 0.4) is 0 Å². The van der Waals surface area contributed by atoms with Crippen LogP contribution in [0.4, 0.5) is 4.79 Å². The zero-order valence-corrected chi connectivity index (χ0v) is 11.1. The Balaban J connectivity index is 1.93. The molecule has 0 spiro atoms. The number of carbonyl (C=O) groups is 1. The number of hydrogen-bond donors (Lipinski definition) is 0. The highest BCUT2D eigenvalue weighted by Crippen LogP contribution is 2.14. The third-order valence-corrected chi connectivity index (χ3v) is 3.11. The molecular formula is C15H18N2O2. The van der Waals surface area contributed by atoms with Crippen LogP contribution in [0, 0.1) is 0 Å². The molecule has 2 rings (SSSR count). The monoisotopic (exact) mass is 258 g/mol. The first-order chi connectivity index (χ1) is 9.29. The Morgan fingerprint density at radius 1 is 1.16 bits per heavy atom. The molecule has 0 bridgehead atoms. The molecule has 1 amide bonds. The summed E-state index contributed by atoms with van der Waals surface area (Å²) in [7, 11) is 1.74. The second-order valence-corrected chi connectivity index (χ2v) is 4.48. The maximum Gasteiger partial charge on any atom is 0.434 e. The molecule has 0 atom stereocenters. The van der Waals surface area contributed by atoms with Gasteiger partial charge in [0.25, 0.3) is 0 Å². The molecule has 0 radical (unpaired) electrons. The number of hydrogen-bond acceptors (Lipinski definition) is 3. The van der Waals surface area contributed by atoms with E-state index in [2.05, 4.69) is 9.98 Å². The summed E-state index contributed by atoms with van der Waals surface area (Å²) in [6, 6.07) is 9.59. The number of nitrogens with zero attached hydrogens (tertiary/aromatic N) is 2. The van der Waals surface area contributed by atoms with E-state index >= 15 is 0 Å². The van der Waals surface area contributed by atoms with Crippen LogP contribution in [0.1, 0.15) is 31.2 Å². The van der Waals surface area contributed by atoms with Gasteiger partial charge < -0.3 is 4.74 Å². The van der Waals surface area contributed by atoms with Crippen LogP contribution in [-0.2, 0) is 11.3 Å². The van der Waals surface area contributed by atoms with Crippen LogP contribution in [-0.4, -0.2) is 24.6 Å². The van der Waals surface area contributed by atoms with E-state index in [9.17, 15) is 4.79 Å². The minimum absolute atomic E-state index is 0.259. The van der Waals surface area contributed by atoms with Crippen molar-refractivity contribution in [3.63, 3.8) is 0 Å². The van der Waals surface area contributed by atoms with Gasteiger partial charge in [-0.05, 0) is 31.2 Å². The summed E-state index contributed by atoms with van der Waals surface area (Å²) in [5.74, 6) is 0. The molecule has 0 aromatic heterocycles. The van der Waals surface area contributed by atoms with Crippen molar-refractivity contribution < 1.29 is 9.53 Å². The predicted octanol–water partition coefficient (Wildman–Crippen LogP) is 3.41. The van der Waals surface area contributed by atoms with E-state index in [0.717, 1.165) is 42.7 Å². The summed E-state index contributed by atoms with van der Waals surface area (Å²) >= 11 is 0. The normalized spacial score (nSPS) is 19.6. The molecule has 100 valence electrons. The van der Waals surface area contributed by atoms with E-state index in [-0.39, 0.29) is 6.61 Å². The molecule has 0 saturated heterocycles. The van der Waals surface area contributed by atoms with Crippen molar-refractivity contribution in [3.05, 3.63) is 35.9 Å². The molecular weight excluding hydrogens is 240 g/mol. The molecule has 1 aromatic carbocycles. The molecule has 1 aliphatic rings. The molecule has 0 heterocycles. The van der Waals surface area contributed by atoms with Crippen molar-refractivity contribution in [2.45, 2.75) is 32.3 Å². The quantitative estimate of drug-likeness (QED) is 0.816. The average molecular weight is 258 g/mol. The third kappa shape index (κ3) is 4.02. The Kier molecular flexibility index (Phi) is 4.84. The molecule has 4 nitrogen and oxygen atoms in total. The van der Waals surface area contributed by atoms with Gasteiger partial charge in [0.2, 0.25) is 0 Å². The molecule has 4 heteroatoms. The first-order valence-corrected chi connectivity index (χ1v) is 6.54. The SMILES string of the molecule is C/N=C1\CCCC\C1=N/C(=O)OCc1ccccc1. The number of benzene rings is 1. The molecule has 1 aliphatic carbocycles. The second kappa shape index (κ2) is 6.83. The van der Waals surface area contributed by atoms with Gasteiger partial charge in [-0.25, -0.2) is 4.79 Å². The summed E-state index contributed by atoms with van der Waals surface area (Å²) in [6.45, 7) is 0.259. The van der Waals surface area contributed by atoms with Crippen LogP contribution >= 0.6 is 0 Å². The smallest absolute Gasteiger partial charge is 0.434 e. The standard InChI is InChI=1S/C15H18N2O2/c1-16-13-9-5-6-10-14(13)17-15(18)19-11-12-7-3-2-4-8-12/h2-4,7-8H,5-6,9-11H2,1H3/b16-13+,17-14+. The van der Waals surface area contributed by atoms with E-state index < -0.39 is 6.09 Å². The lowest BCUT2D eigenvalue weighted by Crippen LogP contribution is -2.20. The summed E-state index contributed by atoms with van der Waals surface area (Å²) in [5, 5.41) is 0. The zero-order valence-electron chi connectivity index (χ0n) is 11.1. The molecule has 0 unspecified atom stereocenters. The van der Waals surface area contributed by atoms with Crippen LogP contribution in [0.25, 0.3) is 0 Å². The van der Waals surface area contributed by atoms with Gasteiger partial charge in [0, 0.05) is 7.05 Å². The van der Waals surface area contributed by atoms with Gasteiger partial charge in [0.05, 0.1) is 11.4 Å². The van der Waals surface area contributed by atoms with Crippen LogP contribution in [0.15, 0.2) is 40.3 Å². The van der Waals surface area contributed by atoms with E-state index in [1.807, 2.05) is 30.3 Å². The minimum Gasteiger partial charge on any atom is -0.443 e. The lowest BCUT2D eigenvalue weighted by Gasteiger charge is -2.14. The lowest BCUT2D eigenvalue weighted by atomic mass is 9.96. The minimum atomic E-state index is -0.526. The van der Waals surface area contributed by atoms with Crippen molar-refractivity contribution in [2.24, 2.45) is 9.98 Å². The Morgan fingerprint density at radius 3 is 2.53 bits per heavy atom. The summed E-state index contributed by atoms with van der Waals surface area (Å²) in [5.41, 5.74) is 2.68. The summed E-state index contributed by atoms with van der Waals surface area (Å²) in [4.78, 5) is 19.9. The molecule has 19 heavy (non-hydrogen) atoms. The van der Waals surface area contributed by atoms with Gasteiger partial charge >= 0.3 is 6.09 Å². The highest BCUT2D eigenvalue weighted by atomic mass is 16.5. The fraction of sp³-hybridized carbons (Fsp3) is 0.400. The van der Waals surface area contributed by atoms with Crippen molar-refractivity contribution in [3.8, 4) is 0 Å². The van der Waals surface area contributed by atoms with Crippen LogP contribution < -0.4 is 0 Å². The summed E-state index contributed by atoms with van der Waals surface area (Å²) in [6.07, 6.45) is 3.37. The third-order valence-electron chi connectivity index (χ3n) is 3.11. The number of rotatable bonds is 2. The fourth-order valence-electron chi connectivity index (χ4n) is 2.10. The predicted molar refractivity (Wildman–Crippen MR) is 75.9 cm³/mol. The number of ether oxygens (including phenoxy) is 1. The van der Waals surface area contributed by atoms with Crippen LogP contribution in [0.5, 0.6) is 0 Å². The molecule has 0 N–H and O–H groups in total. The Hall–Kier alpha value is -1.97. The highest BCUT2D eigenvalue weighted by Gasteiger charge is 2.16. The maximum atomic E-state index is 11.7. The Bertz CT molecular complexity index is 492. The topological polar surface area (TPSA) is 51.0 Å².